The summed E-state index contributed by atoms with van der Waals surface area (Å²) in [4.78, 5) is 16.0. The summed E-state index contributed by atoms with van der Waals surface area (Å²) < 4.78 is 103. The maximum atomic E-state index is 13.2. The predicted molar refractivity (Wildman–Crippen MR) is 90.9 cm³/mol. The fourth-order valence-corrected chi connectivity index (χ4v) is 7.04. The molecule has 2 aliphatic rings. The van der Waals surface area contributed by atoms with E-state index < -0.39 is 62.0 Å². The molecule has 3 rings (SSSR count). The summed E-state index contributed by atoms with van der Waals surface area (Å²) in [5.74, 6) is -1.47. The third-order valence-corrected chi connectivity index (χ3v) is 7.38. The third-order valence-electron chi connectivity index (χ3n) is 4.17. The van der Waals surface area contributed by atoms with Crippen molar-refractivity contribution in [2.75, 3.05) is 16.4 Å². The number of hydrogen-bond donors (Lipinski definition) is 0. The van der Waals surface area contributed by atoms with Crippen molar-refractivity contribution in [3.8, 4) is 0 Å². The van der Waals surface area contributed by atoms with Crippen molar-refractivity contribution in [2.45, 2.75) is 30.6 Å². The van der Waals surface area contributed by atoms with Crippen LogP contribution >= 0.6 is 11.8 Å². The van der Waals surface area contributed by atoms with Gasteiger partial charge in [-0.2, -0.15) is 31.3 Å². The molecule has 0 bridgehead atoms. The van der Waals surface area contributed by atoms with Gasteiger partial charge in [0.05, 0.1) is 28.7 Å². The van der Waals surface area contributed by atoms with Gasteiger partial charge in [-0.25, -0.2) is 8.42 Å². The molecule has 28 heavy (non-hydrogen) atoms. The number of anilines is 1. The number of carbonyl (C=O) groups is 1. The highest BCUT2D eigenvalue weighted by molar-refractivity contribution is 8.16. The van der Waals surface area contributed by atoms with E-state index in [-0.39, 0.29) is 17.0 Å². The number of aliphatic imine (C=N–C) groups is 1. The van der Waals surface area contributed by atoms with Crippen LogP contribution in [0.15, 0.2) is 23.2 Å². The number of rotatable bonds is 1. The van der Waals surface area contributed by atoms with Crippen molar-refractivity contribution >= 4 is 38.4 Å². The molecule has 5 nitrogen and oxygen atoms in total. The van der Waals surface area contributed by atoms with Crippen LogP contribution in [0.1, 0.15) is 18.1 Å². The summed E-state index contributed by atoms with van der Waals surface area (Å²) >= 11 is 0.855. The second kappa shape index (κ2) is 6.65. The maximum absolute atomic E-state index is 13.2. The molecular weight excluding hydrogens is 434 g/mol. The molecule has 1 amide bonds. The average Bonchev–Trinajstić information content (AvgIpc) is 2.95. The van der Waals surface area contributed by atoms with Crippen molar-refractivity contribution in [1.29, 1.82) is 0 Å². The van der Waals surface area contributed by atoms with Crippen molar-refractivity contribution in [2.24, 2.45) is 4.99 Å². The minimum Gasteiger partial charge on any atom is -0.316 e. The summed E-state index contributed by atoms with van der Waals surface area (Å²) in [5, 5.41) is -0.767. The lowest BCUT2D eigenvalue weighted by Crippen LogP contribution is -2.38. The monoisotopic (exact) mass is 446 g/mol. The van der Waals surface area contributed by atoms with Crippen LogP contribution in [0.4, 0.5) is 32.0 Å². The van der Waals surface area contributed by atoms with Gasteiger partial charge in [0.1, 0.15) is 0 Å². The average molecular weight is 446 g/mol. The van der Waals surface area contributed by atoms with Gasteiger partial charge in [0.15, 0.2) is 15.0 Å². The fourth-order valence-electron chi connectivity index (χ4n) is 3.08. The number of alkyl halides is 6. The summed E-state index contributed by atoms with van der Waals surface area (Å²) in [6.07, 6.45) is -10.1. The molecule has 2 saturated heterocycles. The molecule has 0 radical (unpaired) electrons. The van der Waals surface area contributed by atoms with Crippen LogP contribution in [0.5, 0.6) is 0 Å². The molecule has 154 valence electrons. The first-order valence-electron chi connectivity index (χ1n) is 7.72. The van der Waals surface area contributed by atoms with E-state index in [0.717, 1.165) is 23.6 Å². The number of hydrogen-bond acceptors (Lipinski definition) is 4. The van der Waals surface area contributed by atoms with Gasteiger partial charge in [0.25, 0.3) is 0 Å². The van der Waals surface area contributed by atoms with Gasteiger partial charge in [0, 0.05) is 17.9 Å². The number of fused-ring (bicyclic) bond motifs is 1. The Morgan fingerprint density at radius 2 is 1.61 bits per heavy atom. The highest BCUT2D eigenvalue weighted by atomic mass is 32.2. The van der Waals surface area contributed by atoms with E-state index in [4.69, 9.17) is 0 Å². The van der Waals surface area contributed by atoms with Gasteiger partial charge in [0.2, 0.25) is 5.91 Å². The van der Waals surface area contributed by atoms with Gasteiger partial charge in [-0.05, 0) is 18.2 Å². The molecular formula is C15H12F6N2O3S2. The molecule has 0 unspecified atom stereocenters. The first-order valence-corrected chi connectivity index (χ1v) is 10.4. The number of sulfone groups is 1. The molecule has 1 aromatic carbocycles. The molecule has 2 atom stereocenters. The minimum absolute atomic E-state index is 0.0165. The number of carbonyl (C=O) groups excluding carboxylic acids is 1. The molecule has 0 saturated carbocycles. The molecule has 0 spiro atoms. The summed E-state index contributed by atoms with van der Waals surface area (Å²) in [7, 11) is -3.52. The SMILES string of the molecule is CC(=O)N=C1S[C@H]2CS(=O)(=O)C[C@H]2N1c1cc(C(F)(F)F)cc(C(F)(F)F)c1. The Balaban J connectivity index is 2.19. The maximum Gasteiger partial charge on any atom is 0.416 e. The van der Waals surface area contributed by atoms with Crippen LogP contribution in [-0.2, 0) is 27.0 Å². The van der Waals surface area contributed by atoms with Crippen LogP contribution in [-0.4, -0.2) is 42.3 Å². The molecule has 2 fully saturated rings. The van der Waals surface area contributed by atoms with E-state index in [1.807, 2.05) is 0 Å². The lowest BCUT2D eigenvalue weighted by molar-refractivity contribution is -0.143. The van der Waals surface area contributed by atoms with Gasteiger partial charge in [-0.1, -0.05) is 11.8 Å². The van der Waals surface area contributed by atoms with Crippen LogP contribution in [0, 0.1) is 0 Å². The Labute approximate surface area is 159 Å². The molecule has 2 heterocycles. The van der Waals surface area contributed by atoms with Gasteiger partial charge in [-0.3, -0.25) is 4.79 Å². The van der Waals surface area contributed by atoms with Crippen molar-refractivity contribution < 1.29 is 39.6 Å². The Morgan fingerprint density at radius 1 is 1.07 bits per heavy atom. The lowest BCUT2D eigenvalue weighted by atomic mass is 10.1. The van der Waals surface area contributed by atoms with E-state index >= 15 is 0 Å². The largest absolute Gasteiger partial charge is 0.416 e. The molecule has 0 N–H and O–H groups in total. The zero-order chi connectivity index (χ0) is 21.1. The lowest BCUT2D eigenvalue weighted by Gasteiger charge is -2.26. The zero-order valence-electron chi connectivity index (χ0n) is 14.0. The fraction of sp³-hybridized carbons (Fsp3) is 0.467. The second-order valence-electron chi connectivity index (χ2n) is 6.35. The molecule has 13 heteroatoms. The predicted octanol–water partition coefficient (Wildman–Crippen LogP) is 3.35. The van der Waals surface area contributed by atoms with Crippen molar-refractivity contribution in [1.82, 2.24) is 0 Å². The number of thioether (sulfide) groups is 1. The number of amides is 1. The van der Waals surface area contributed by atoms with Crippen molar-refractivity contribution in [3.63, 3.8) is 0 Å². The standard InChI is InChI=1S/C15H12F6N2O3S2/c1-7(24)22-13-23(11-5-28(25,26)6-12(11)27-13)10-3-8(14(16,17)18)2-9(4-10)15(19,20)21/h2-4,11-12H,5-6H2,1H3/t11-,12+/m1/s1. The Kier molecular flexibility index (Phi) is 4.97. The first-order chi connectivity index (χ1) is 12.7. The highest BCUT2D eigenvalue weighted by Crippen LogP contribution is 2.44. The van der Waals surface area contributed by atoms with Crippen LogP contribution < -0.4 is 4.90 Å². The normalized spacial score (nSPS) is 26.0. The Morgan fingerprint density at radius 3 is 2.07 bits per heavy atom. The van der Waals surface area contributed by atoms with E-state index in [2.05, 4.69) is 4.99 Å². The number of benzene rings is 1. The Bertz CT molecular complexity index is 923. The van der Waals surface area contributed by atoms with Gasteiger partial charge in [-0.15, -0.1) is 0 Å². The van der Waals surface area contributed by atoms with E-state index in [0.29, 0.717) is 12.1 Å². The minimum atomic E-state index is -5.05. The molecule has 0 aliphatic carbocycles. The smallest absolute Gasteiger partial charge is 0.316 e. The number of halogens is 6. The first kappa shape index (κ1) is 21.0. The van der Waals surface area contributed by atoms with Crippen molar-refractivity contribution in [3.05, 3.63) is 29.3 Å². The van der Waals surface area contributed by atoms with Crippen LogP contribution in [0.3, 0.4) is 0 Å². The quantitative estimate of drug-likeness (QED) is 0.619. The van der Waals surface area contributed by atoms with Gasteiger partial charge >= 0.3 is 12.4 Å². The van der Waals surface area contributed by atoms with E-state index in [9.17, 15) is 39.6 Å². The summed E-state index contributed by atoms with van der Waals surface area (Å²) in [5.41, 5.74) is -3.58. The van der Waals surface area contributed by atoms with E-state index in [1.54, 1.807) is 0 Å². The third kappa shape index (κ3) is 4.14. The second-order valence-corrected chi connectivity index (χ2v) is 9.71. The Hall–Kier alpha value is -1.76. The number of amidine groups is 1. The van der Waals surface area contributed by atoms with Gasteiger partial charge < -0.3 is 4.90 Å². The zero-order valence-corrected chi connectivity index (χ0v) is 15.6. The van der Waals surface area contributed by atoms with Crippen LogP contribution in [0.25, 0.3) is 0 Å². The molecule has 2 aliphatic heterocycles. The van der Waals surface area contributed by atoms with E-state index in [1.165, 1.54) is 0 Å². The number of nitrogens with zero attached hydrogens (tertiary/aromatic N) is 2. The summed E-state index contributed by atoms with van der Waals surface area (Å²) in [6.45, 7) is 1.07. The summed E-state index contributed by atoms with van der Waals surface area (Å²) in [6, 6.07) is 0.0623. The van der Waals surface area contributed by atoms with Crippen LogP contribution in [0.2, 0.25) is 0 Å². The topological polar surface area (TPSA) is 66.8 Å². The molecule has 1 aromatic rings. The molecule has 0 aromatic heterocycles. The highest BCUT2D eigenvalue weighted by Gasteiger charge is 2.50.